The summed E-state index contributed by atoms with van der Waals surface area (Å²) in [4.78, 5) is 15.4. The van der Waals surface area contributed by atoms with Crippen molar-refractivity contribution in [3.8, 4) is 0 Å². The Bertz CT molecular complexity index is 492. The molecule has 5 heteroatoms. The third-order valence-electron chi connectivity index (χ3n) is 4.06. The number of carbonyl (C=O) groups excluding carboxylic acids is 1. The smallest absolute Gasteiger partial charge is 0.270 e. The highest BCUT2D eigenvalue weighted by Gasteiger charge is 2.36. The van der Waals surface area contributed by atoms with E-state index in [1.165, 1.54) is 18.2 Å². The maximum atomic E-state index is 12.9. The zero-order chi connectivity index (χ0) is 14.8. The van der Waals surface area contributed by atoms with Crippen LogP contribution in [0.5, 0.6) is 0 Å². The fourth-order valence-corrected chi connectivity index (χ4v) is 2.44. The largest absolute Gasteiger partial charge is 0.388 e. The summed E-state index contributed by atoms with van der Waals surface area (Å²) in [5.74, 6) is -1.14. The number of hydrogen-bond acceptors (Lipinski definition) is 3. The summed E-state index contributed by atoms with van der Waals surface area (Å²) in [5, 5.41) is 13.1. The second-order valence-electron chi connectivity index (χ2n) is 6.42. The van der Waals surface area contributed by atoms with Gasteiger partial charge in [-0.25, -0.2) is 4.98 Å². The monoisotopic (exact) mass is 280 g/mol. The summed E-state index contributed by atoms with van der Waals surface area (Å²) in [6.07, 6.45) is 3.18. The number of hydrogen-bond donors (Lipinski definition) is 2. The highest BCUT2D eigenvalue weighted by molar-refractivity contribution is 5.92. The van der Waals surface area contributed by atoms with E-state index in [0.717, 1.165) is 12.8 Å². The summed E-state index contributed by atoms with van der Waals surface area (Å²) in [7, 11) is 0. The Labute approximate surface area is 118 Å². The number of amides is 1. The molecule has 1 aromatic rings. The van der Waals surface area contributed by atoms with Crippen LogP contribution in [0.4, 0.5) is 4.39 Å². The van der Waals surface area contributed by atoms with Crippen molar-refractivity contribution >= 4 is 5.91 Å². The standard InChI is InChI=1S/C15H21FN2O2/c1-14(2)6-8-15(20,9-7-14)10-17-13(19)11-4-3-5-12(16)18-11/h3-5,20H,6-10H2,1-2H3,(H,17,19). The molecule has 0 radical (unpaired) electrons. The van der Waals surface area contributed by atoms with Crippen molar-refractivity contribution in [3.63, 3.8) is 0 Å². The van der Waals surface area contributed by atoms with Gasteiger partial charge in [-0.15, -0.1) is 0 Å². The van der Waals surface area contributed by atoms with Gasteiger partial charge < -0.3 is 10.4 Å². The summed E-state index contributed by atoms with van der Waals surface area (Å²) in [6, 6.07) is 4.08. The Hall–Kier alpha value is -1.49. The molecule has 2 N–H and O–H groups in total. The highest BCUT2D eigenvalue weighted by atomic mass is 19.1. The van der Waals surface area contributed by atoms with Gasteiger partial charge in [0, 0.05) is 6.54 Å². The minimum atomic E-state index is -0.863. The van der Waals surface area contributed by atoms with Gasteiger partial charge in [-0.2, -0.15) is 4.39 Å². The predicted molar refractivity (Wildman–Crippen MR) is 73.7 cm³/mol. The van der Waals surface area contributed by atoms with Crippen LogP contribution in [0.2, 0.25) is 0 Å². The van der Waals surface area contributed by atoms with E-state index < -0.39 is 17.5 Å². The number of aliphatic hydroxyl groups is 1. The zero-order valence-corrected chi connectivity index (χ0v) is 11.9. The number of halogens is 1. The van der Waals surface area contributed by atoms with E-state index in [-0.39, 0.29) is 17.7 Å². The van der Waals surface area contributed by atoms with Crippen LogP contribution in [0.15, 0.2) is 18.2 Å². The van der Waals surface area contributed by atoms with Crippen molar-refractivity contribution in [3.05, 3.63) is 29.8 Å². The molecule has 0 unspecified atom stereocenters. The van der Waals surface area contributed by atoms with Crippen LogP contribution < -0.4 is 5.32 Å². The first-order valence-electron chi connectivity index (χ1n) is 6.93. The molecule has 1 heterocycles. The van der Waals surface area contributed by atoms with Crippen LogP contribution in [-0.4, -0.2) is 28.1 Å². The van der Waals surface area contributed by atoms with Crippen LogP contribution in [-0.2, 0) is 0 Å². The molecular weight excluding hydrogens is 259 g/mol. The van der Waals surface area contributed by atoms with Crippen LogP contribution in [0, 0.1) is 11.4 Å². The van der Waals surface area contributed by atoms with Crippen molar-refractivity contribution in [1.29, 1.82) is 0 Å². The minimum absolute atomic E-state index is 0.0322. The fraction of sp³-hybridized carbons (Fsp3) is 0.600. The molecule has 1 aliphatic rings. The van der Waals surface area contributed by atoms with E-state index in [4.69, 9.17) is 0 Å². The topological polar surface area (TPSA) is 62.2 Å². The van der Waals surface area contributed by atoms with Crippen molar-refractivity contribution in [2.75, 3.05) is 6.54 Å². The summed E-state index contributed by atoms with van der Waals surface area (Å²) in [5.41, 5.74) is -0.580. The molecule has 0 saturated heterocycles. The normalized spacial score (nSPS) is 20.4. The summed E-state index contributed by atoms with van der Waals surface area (Å²) >= 11 is 0. The van der Waals surface area contributed by atoms with Gasteiger partial charge in [0.2, 0.25) is 5.95 Å². The van der Waals surface area contributed by atoms with Crippen LogP contribution in [0.25, 0.3) is 0 Å². The van der Waals surface area contributed by atoms with Crippen molar-refractivity contribution in [2.45, 2.75) is 45.1 Å². The first kappa shape index (κ1) is 14.9. The van der Waals surface area contributed by atoms with Crippen molar-refractivity contribution in [2.24, 2.45) is 5.41 Å². The van der Waals surface area contributed by atoms with Gasteiger partial charge in [0.05, 0.1) is 5.60 Å². The number of aromatic nitrogens is 1. The van der Waals surface area contributed by atoms with E-state index in [1.54, 1.807) is 0 Å². The van der Waals surface area contributed by atoms with Gasteiger partial charge >= 0.3 is 0 Å². The molecule has 1 aliphatic carbocycles. The predicted octanol–water partition coefficient (Wildman–Crippen LogP) is 2.28. The average molecular weight is 280 g/mol. The van der Waals surface area contributed by atoms with Crippen molar-refractivity contribution < 1.29 is 14.3 Å². The van der Waals surface area contributed by atoms with E-state index in [9.17, 15) is 14.3 Å². The first-order valence-corrected chi connectivity index (χ1v) is 6.93. The third-order valence-corrected chi connectivity index (χ3v) is 4.06. The lowest BCUT2D eigenvalue weighted by atomic mass is 9.71. The number of rotatable bonds is 3. The van der Waals surface area contributed by atoms with Crippen LogP contribution in [0.3, 0.4) is 0 Å². The van der Waals surface area contributed by atoms with Crippen LogP contribution >= 0.6 is 0 Å². The van der Waals surface area contributed by atoms with Gasteiger partial charge in [0.15, 0.2) is 0 Å². The second kappa shape index (κ2) is 5.48. The molecule has 0 aliphatic heterocycles. The zero-order valence-electron chi connectivity index (χ0n) is 11.9. The lowest BCUT2D eigenvalue weighted by Crippen LogP contribution is -2.46. The first-order chi connectivity index (χ1) is 9.30. The number of pyridine rings is 1. The third kappa shape index (κ3) is 3.76. The minimum Gasteiger partial charge on any atom is -0.388 e. The lowest BCUT2D eigenvalue weighted by molar-refractivity contribution is -0.0233. The van der Waals surface area contributed by atoms with E-state index in [1.807, 2.05) is 0 Å². The average Bonchev–Trinajstić information content (AvgIpc) is 2.40. The molecule has 4 nitrogen and oxygen atoms in total. The van der Waals surface area contributed by atoms with Gasteiger partial charge in [-0.1, -0.05) is 19.9 Å². The maximum absolute atomic E-state index is 12.9. The Morgan fingerprint density at radius 1 is 1.35 bits per heavy atom. The number of carbonyl (C=O) groups is 1. The molecule has 0 spiro atoms. The molecule has 1 saturated carbocycles. The molecule has 0 atom stereocenters. The highest BCUT2D eigenvalue weighted by Crippen LogP contribution is 2.39. The summed E-state index contributed by atoms with van der Waals surface area (Å²) in [6.45, 7) is 4.55. The molecule has 0 bridgehead atoms. The molecule has 1 fully saturated rings. The Balaban J connectivity index is 1.90. The van der Waals surface area contributed by atoms with Gasteiger partial charge in [0.1, 0.15) is 5.69 Å². The lowest BCUT2D eigenvalue weighted by Gasteiger charge is -2.40. The van der Waals surface area contributed by atoms with Crippen LogP contribution in [0.1, 0.15) is 50.0 Å². The van der Waals surface area contributed by atoms with E-state index in [0.29, 0.717) is 12.8 Å². The number of nitrogens with zero attached hydrogens (tertiary/aromatic N) is 1. The molecule has 2 rings (SSSR count). The maximum Gasteiger partial charge on any atom is 0.270 e. The van der Waals surface area contributed by atoms with Crippen molar-refractivity contribution in [1.82, 2.24) is 10.3 Å². The Kier molecular flexibility index (Phi) is 4.09. The van der Waals surface area contributed by atoms with Gasteiger partial charge in [-0.05, 0) is 43.2 Å². The molecule has 1 aromatic heterocycles. The SMILES string of the molecule is CC1(C)CCC(O)(CNC(=O)c2cccc(F)n2)CC1. The fourth-order valence-electron chi connectivity index (χ4n) is 2.44. The quantitative estimate of drug-likeness (QED) is 0.835. The molecule has 1 amide bonds. The van der Waals surface area contributed by atoms with E-state index >= 15 is 0 Å². The summed E-state index contributed by atoms with van der Waals surface area (Å²) < 4.78 is 12.9. The molecule has 0 aromatic carbocycles. The van der Waals surface area contributed by atoms with Gasteiger partial charge in [0.25, 0.3) is 5.91 Å². The Morgan fingerprint density at radius 2 is 2.00 bits per heavy atom. The molecular formula is C15H21FN2O2. The van der Waals surface area contributed by atoms with E-state index in [2.05, 4.69) is 24.1 Å². The Morgan fingerprint density at radius 3 is 2.60 bits per heavy atom. The molecule has 110 valence electrons. The number of nitrogens with one attached hydrogen (secondary N) is 1. The molecule has 20 heavy (non-hydrogen) atoms. The second-order valence-corrected chi connectivity index (χ2v) is 6.42. The van der Waals surface area contributed by atoms with Gasteiger partial charge in [-0.3, -0.25) is 4.79 Å².